The average Bonchev–Trinajstić information content (AvgIpc) is 2.78. The van der Waals surface area contributed by atoms with Gasteiger partial charge in [0, 0.05) is 6.04 Å². The summed E-state index contributed by atoms with van der Waals surface area (Å²) in [6.45, 7) is 3.68. The smallest absolute Gasteiger partial charge is 0.358 e. The molecule has 192 valence electrons. The summed E-state index contributed by atoms with van der Waals surface area (Å²) in [4.78, 5) is 10.2. The molecule has 0 aliphatic heterocycles. The Kier molecular flexibility index (Phi) is 15.4. The fraction of sp³-hybridized carbons (Fsp3) is 0.739. The van der Waals surface area contributed by atoms with Gasteiger partial charge in [0.05, 0.1) is 25.6 Å². The van der Waals surface area contributed by atoms with Crippen LogP contribution in [0.1, 0.15) is 77.2 Å². The minimum Gasteiger partial charge on any atom is -0.378 e. The summed E-state index contributed by atoms with van der Waals surface area (Å²) < 4.78 is 50.5. The van der Waals surface area contributed by atoms with Gasteiger partial charge < -0.3 is 19.3 Å². The second-order valence-electron chi connectivity index (χ2n) is 8.38. The van der Waals surface area contributed by atoms with Crippen molar-refractivity contribution in [3.05, 3.63) is 35.9 Å². The van der Waals surface area contributed by atoms with Crippen molar-refractivity contribution in [1.29, 1.82) is 0 Å². The number of benzene rings is 1. The third-order valence-electron chi connectivity index (χ3n) is 5.23. The van der Waals surface area contributed by atoms with Crippen LogP contribution in [-0.4, -0.2) is 49.3 Å². The van der Waals surface area contributed by atoms with E-state index in [1.807, 2.05) is 30.3 Å². The molecule has 8 nitrogen and oxygen atoms in total. The number of hydrogen-bond acceptors (Lipinski definition) is 6. The van der Waals surface area contributed by atoms with Crippen LogP contribution in [0, 0.1) is 0 Å². The highest BCUT2D eigenvalue weighted by molar-refractivity contribution is 7.89. The molecule has 0 bridgehead atoms. The molecule has 3 atom stereocenters. The van der Waals surface area contributed by atoms with Crippen LogP contribution in [0.4, 0.5) is 0 Å². The van der Waals surface area contributed by atoms with Crippen molar-refractivity contribution in [3.63, 3.8) is 0 Å². The number of hydrogen-bond donors (Lipinski definition) is 3. The van der Waals surface area contributed by atoms with E-state index >= 15 is 0 Å². The Hall–Kier alpha value is -0.800. The lowest BCUT2D eigenvalue weighted by Crippen LogP contribution is -2.39. The molecule has 10 heteroatoms. The summed E-state index contributed by atoms with van der Waals surface area (Å²) in [5, 5.41) is 10.1. The Morgan fingerprint density at radius 1 is 0.970 bits per heavy atom. The minimum atomic E-state index is -4.40. The minimum absolute atomic E-state index is 0.0190. The van der Waals surface area contributed by atoms with Gasteiger partial charge in [-0.05, 0) is 18.4 Å². The average molecular weight is 508 g/mol. The van der Waals surface area contributed by atoms with Crippen molar-refractivity contribution in [2.24, 2.45) is 0 Å². The van der Waals surface area contributed by atoms with Gasteiger partial charge in [-0.15, -0.1) is 0 Å². The van der Waals surface area contributed by atoms with Crippen molar-refractivity contribution in [2.75, 3.05) is 19.0 Å². The predicted octanol–water partition coefficient (Wildman–Crippen LogP) is 4.56. The Morgan fingerprint density at radius 2 is 1.61 bits per heavy atom. The van der Waals surface area contributed by atoms with E-state index in [9.17, 15) is 23.0 Å². The van der Waals surface area contributed by atoms with Gasteiger partial charge in [0.25, 0.3) is 0 Å². The Bertz CT molecular complexity index is 776. The van der Waals surface area contributed by atoms with E-state index in [2.05, 4.69) is 18.6 Å². The lowest BCUT2D eigenvalue weighted by Gasteiger charge is -2.23. The van der Waals surface area contributed by atoms with Crippen molar-refractivity contribution >= 4 is 17.6 Å². The molecule has 1 aromatic carbocycles. The molecule has 3 unspecified atom stereocenters. The van der Waals surface area contributed by atoms with Crippen LogP contribution in [0.2, 0.25) is 0 Å². The second-order valence-corrected chi connectivity index (χ2v) is 12.2. The highest BCUT2D eigenvalue weighted by atomic mass is 32.2. The first-order valence-electron chi connectivity index (χ1n) is 12.0. The van der Waals surface area contributed by atoms with Crippen LogP contribution in [0.15, 0.2) is 30.3 Å². The summed E-state index contributed by atoms with van der Waals surface area (Å²) >= 11 is 0. The first-order valence-corrected chi connectivity index (χ1v) is 15.3. The molecule has 3 N–H and O–H groups in total. The summed E-state index contributed by atoms with van der Waals surface area (Å²) in [5.74, 6) is -1.70. The highest BCUT2D eigenvalue weighted by Gasteiger charge is 2.32. The molecule has 0 spiro atoms. The lowest BCUT2D eigenvalue weighted by atomic mass is 10.1. The third kappa shape index (κ3) is 14.3. The van der Waals surface area contributed by atoms with Gasteiger partial charge in [0.15, 0.2) is 5.85 Å². The van der Waals surface area contributed by atoms with E-state index in [0.29, 0.717) is 12.8 Å². The number of aliphatic hydroxyl groups is 1. The SMILES string of the molecule is CCCCCCC(COP(=O)(O)C(O)COCc1ccccc1)NS(=O)(=O)CCCCCC. The number of rotatable bonds is 20. The maximum Gasteiger partial charge on any atom is 0.358 e. The van der Waals surface area contributed by atoms with Crippen LogP contribution in [0.25, 0.3) is 0 Å². The maximum atomic E-state index is 12.5. The van der Waals surface area contributed by atoms with E-state index in [1.54, 1.807) is 0 Å². The number of sulfonamides is 1. The molecule has 0 fully saturated rings. The van der Waals surface area contributed by atoms with Crippen molar-refractivity contribution in [2.45, 2.75) is 90.1 Å². The molecular formula is C23H42NO7PS. The number of ether oxygens (including phenoxy) is 1. The quantitative estimate of drug-likeness (QED) is 0.175. The Balaban J connectivity index is 2.57. The van der Waals surface area contributed by atoms with Gasteiger partial charge in [-0.2, -0.15) is 0 Å². The van der Waals surface area contributed by atoms with Gasteiger partial charge in [-0.25, -0.2) is 13.1 Å². The maximum absolute atomic E-state index is 12.5. The molecular weight excluding hydrogens is 465 g/mol. The fourth-order valence-corrected chi connectivity index (χ4v) is 5.51. The summed E-state index contributed by atoms with van der Waals surface area (Å²) in [7, 11) is -7.93. The van der Waals surface area contributed by atoms with Gasteiger partial charge >= 0.3 is 7.60 Å². The number of nitrogens with one attached hydrogen (secondary N) is 1. The standard InChI is InChI=1S/C23H42NO7PS/c1-3-5-7-12-16-22(24-33(28,29)17-13-8-6-4-2)19-31-32(26,27)23(25)20-30-18-21-14-10-9-11-15-21/h9-11,14-15,22-25H,3-8,12-13,16-20H2,1-2H3,(H,26,27). The molecule has 1 aromatic rings. The normalized spacial score (nSPS) is 15.8. The van der Waals surface area contributed by atoms with E-state index in [-0.39, 0.29) is 25.6 Å². The summed E-state index contributed by atoms with van der Waals surface area (Å²) in [5.41, 5.74) is 0.874. The van der Waals surface area contributed by atoms with Crippen LogP contribution < -0.4 is 4.72 Å². The van der Waals surface area contributed by atoms with E-state index in [0.717, 1.165) is 50.5 Å². The van der Waals surface area contributed by atoms with Crippen LogP contribution in [-0.2, 0) is 30.5 Å². The van der Waals surface area contributed by atoms with Crippen LogP contribution in [0.3, 0.4) is 0 Å². The molecule has 0 amide bonds. The van der Waals surface area contributed by atoms with Gasteiger partial charge in [-0.1, -0.05) is 89.1 Å². The first kappa shape index (κ1) is 30.2. The first-order chi connectivity index (χ1) is 15.7. The monoisotopic (exact) mass is 507 g/mol. The fourth-order valence-electron chi connectivity index (χ4n) is 3.26. The molecule has 0 aliphatic carbocycles. The molecule has 1 rings (SSSR count). The second kappa shape index (κ2) is 16.8. The molecule has 0 aliphatic rings. The largest absolute Gasteiger partial charge is 0.378 e. The zero-order valence-corrected chi connectivity index (χ0v) is 21.7. The number of unbranched alkanes of at least 4 members (excludes halogenated alkanes) is 6. The van der Waals surface area contributed by atoms with E-state index in [1.165, 1.54) is 0 Å². The van der Waals surface area contributed by atoms with E-state index < -0.39 is 29.5 Å². The van der Waals surface area contributed by atoms with Gasteiger partial charge in [0.1, 0.15) is 0 Å². The molecule has 0 heterocycles. The highest BCUT2D eigenvalue weighted by Crippen LogP contribution is 2.46. The van der Waals surface area contributed by atoms with Crippen molar-refractivity contribution < 1.29 is 32.2 Å². The van der Waals surface area contributed by atoms with Crippen molar-refractivity contribution in [3.8, 4) is 0 Å². The predicted molar refractivity (Wildman–Crippen MR) is 131 cm³/mol. The van der Waals surface area contributed by atoms with E-state index in [4.69, 9.17) is 9.26 Å². The lowest BCUT2D eigenvalue weighted by molar-refractivity contribution is 0.0471. The third-order valence-corrected chi connectivity index (χ3v) is 8.17. The Morgan fingerprint density at radius 3 is 2.24 bits per heavy atom. The molecule has 33 heavy (non-hydrogen) atoms. The zero-order valence-electron chi connectivity index (χ0n) is 20.0. The van der Waals surface area contributed by atoms with Crippen LogP contribution in [0.5, 0.6) is 0 Å². The Labute approximate surface area is 199 Å². The van der Waals surface area contributed by atoms with Gasteiger partial charge in [-0.3, -0.25) is 4.57 Å². The molecule has 0 aromatic heterocycles. The summed E-state index contributed by atoms with van der Waals surface area (Å²) in [6, 6.07) is 8.63. The number of aliphatic hydroxyl groups excluding tert-OH is 1. The topological polar surface area (TPSA) is 122 Å². The molecule has 0 radical (unpaired) electrons. The molecule has 0 saturated carbocycles. The summed E-state index contributed by atoms with van der Waals surface area (Å²) in [6.07, 6.45) is 7.71. The van der Waals surface area contributed by atoms with Crippen LogP contribution >= 0.6 is 7.60 Å². The van der Waals surface area contributed by atoms with Gasteiger partial charge in [0.2, 0.25) is 10.0 Å². The molecule has 0 saturated heterocycles. The van der Waals surface area contributed by atoms with Crippen molar-refractivity contribution in [1.82, 2.24) is 4.72 Å². The zero-order chi connectivity index (χ0) is 24.6.